The molecule has 0 unspecified atom stereocenters. The van der Waals surface area contributed by atoms with Crippen LogP contribution in [-0.2, 0) is 7.05 Å². The largest absolute Gasteiger partial charge is 0.492 e. The number of hydrogen-bond acceptors (Lipinski definition) is 2. The van der Waals surface area contributed by atoms with Crippen LogP contribution in [0.2, 0.25) is 0 Å². The van der Waals surface area contributed by atoms with Crippen LogP contribution < -0.4 is 10.1 Å². The van der Waals surface area contributed by atoms with Gasteiger partial charge in [0.05, 0.1) is 12.1 Å². The van der Waals surface area contributed by atoms with E-state index in [2.05, 4.69) is 48.3 Å². The van der Waals surface area contributed by atoms with Crippen molar-refractivity contribution in [2.24, 2.45) is 13.0 Å². The van der Waals surface area contributed by atoms with E-state index in [0.717, 1.165) is 25.4 Å². The summed E-state index contributed by atoms with van der Waals surface area (Å²) < 4.78 is 8.12. The Morgan fingerprint density at radius 1 is 1.41 bits per heavy atom. The molecule has 1 aliphatic heterocycles. The lowest BCUT2D eigenvalue weighted by atomic mass is 10.1. The summed E-state index contributed by atoms with van der Waals surface area (Å²) in [6.07, 6.45) is 2.16. The third-order valence-corrected chi connectivity index (χ3v) is 3.51. The summed E-state index contributed by atoms with van der Waals surface area (Å²) in [4.78, 5) is 0. The van der Waals surface area contributed by atoms with Crippen LogP contribution in [0.25, 0.3) is 10.9 Å². The van der Waals surface area contributed by atoms with Crippen LogP contribution in [0.5, 0.6) is 5.75 Å². The number of ether oxygens (including phenoxy) is 1. The van der Waals surface area contributed by atoms with Gasteiger partial charge in [-0.1, -0.05) is 6.07 Å². The number of nitrogens with zero attached hydrogens (tertiary/aromatic N) is 1. The highest BCUT2D eigenvalue weighted by atomic mass is 16.5. The highest BCUT2D eigenvalue weighted by Gasteiger charge is 2.18. The van der Waals surface area contributed by atoms with Gasteiger partial charge in [-0.05, 0) is 24.6 Å². The van der Waals surface area contributed by atoms with E-state index in [1.54, 1.807) is 0 Å². The Hall–Kier alpha value is -1.48. The van der Waals surface area contributed by atoms with E-state index in [4.69, 9.17) is 4.74 Å². The molecule has 2 aromatic rings. The van der Waals surface area contributed by atoms with Crippen molar-refractivity contribution in [1.29, 1.82) is 0 Å². The molecule has 1 N–H and O–H groups in total. The summed E-state index contributed by atoms with van der Waals surface area (Å²) in [6, 6.07) is 6.28. The van der Waals surface area contributed by atoms with Crippen LogP contribution in [0.15, 0.2) is 24.4 Å². The minimum atomic E-state index is 0.675. The Kier molecular flexibility index (Phi) is 2.56. The van der Waals surface area contributed by atoms with Gasteiger partial charge >= 0.3 is 0 Å². The highest BCUT2D eigenvalue weighted by Crippen LogP contribution is 2.30. The molecule has 90 valence electrons. The third kappa shape index (κ3) is 1.80. The molecular formula is C14H18N2O. The van der Waals surface area contributed by atoms with E-state index >= 15 is 0 Å². The topological polar surface area (TPSA) is 26.2 Å². The van der Waals surface area contributed by atoms with Gasteiger partial charge in [-0.3, -0.25) is 0 Å². The molecule has 0 amide bonds. The van der Waals surface area contributed by atoms with Crippen molar-refractivity contribution in [3.05, 3.63) is 30.0 Å². The molecule has 1 saturated heterocycles. The number of nitrogens with one attached hydrogen (secondary N) is 1. The molecule has 17 heavy (non-hydrogen) atoms. The van der Waals surface area contributed by atoms with Crippen molar-refractivity contribution >= 4 is 10.9 Å². The van der Waals surface area contributed by atoms with E-state index in [9.17, 15) is 0 Å². The fraction of sp³-hybridized carbons (Fsp3) is 0.429. The van der Waals surface area contributed by atoms with Crippen LogP contribution in [0.3, 0.4) is 0 Å². The Balaban J connectivity index is 1.92. The van der Waals surface area contributed by atoms with Crippen LogP contribution in [0.1, 0.15) is 5.56 Å². The quantitative estimate of drug-likeness (QED) is 0.873. The minimum Gasteiger partial charge on any atom is -0.492 e. The predicted octanol–water partition coefficient (Wildman–Crippen LogP) is 2.08. The summed E-state index contributed by atoms with van der Waals surface area (Å²) >= 11 is 0. The highest BCUT2D eigenvalue weighted by molar-refractivity contribution is 5.89. The summed E-state index contributed by atoms with van der Waals surface area (Å²) in [5.74, 6) is 1.70. The fourth-order valence-corrected chi connectivity index (χ4v) is 2.43. The van der Waals surface area contributed by atoms with Crippen molar-refractivity contribution in [2.75, 3.05) is 19.7 Å². The van der Waals surface area contributed by atoms with Crippen LogP contribution in [0.4, 0.5) is 0 Å². The molecule has 3 heteroatoms. The Morgan fingerprint density at radius 3 is 2.94 bits per heavy atom. The van der Waals surface area contributed by atoms with Crippen molar-refractivity contribution in [1.82, 2.24) is 9.88 Å². The SMILES string of the molecule is Cc1cn(C)c2cccc(OCC3CNC3)c12. The molecule has 0 aliphatic carbocycles. The zero-order valence-electron chi connectivity index (χ0n) is 10.4. The van der Waals surface area contributed by atoms with Crippen molar-refractivity contribution in [3.8, 4) is 5.75 Å². The molecular weight excluding hydrogens is 212 g/mol. The van der Waals surface area contributed by atoms with Crippen molar-refractivity contribution in [2.45, 2.75) is 6.92 Å². The lowest BCUT2D eigenvalue weighted by molar-refractivity contribution is 0.201. The first-order chi connectivity index (χ1) is 8.25. The Morgan fingerprint density at radius 2 is 2.24 bits per heavy atom. The first kappa shape index (κ1) is 10.7. The molecule has 0 radical (unpaired) electrons. The normalized spacial score (nSPS) is 16.1. The summed E-state index contributed by atoms with van der Waals surface area (Å²) in [5, 5.41) is 4.52. The van der Waals surface area contributed by atoms with Gasteiger partial charge in [-0.15, -0.1) is 0 Å². The van der Waals surface area contributed by atoms with Gasteiger partial charge in [0.1, 0.15) is 5.75 Å². The van der Waals surface area contributed by atoms with Crippen LogP contribution in [0, 0.1) is 12.8 Å². The van der Waals surface area contributed by atoms with E-state index in [1.165, 1.54) is 16.5 Å². The smallest absolute Gasteiger partial charge is 0.128 e. The van der Waals surface area contributed by atoms with E-state index in [0.29, 0.717) is 5.92 Å². The zero-order chi connectivity index (χ0) is 11.8. The molecule has 2 heterocycles. The molecule has 0 atom stereocenters. The summed E-state index contributed by atoms with van der Waals surface area (Å²) in [6.45, 7) is 5.13. The van der Waals surface area contributed by atoms with Gasteiger partial charge in [0, 0.05) is 37.6 Å². The monoisotopic (exact) mass is 230 g/mol. The standard InChI is InChI=1S/C14H18N2O/c1-10-8-16(2)12-4-3-5-13(14(10)12)17-9-11-6-15-7-11/h3-5,8,11,15H,6-7,9H2,1-2H3. The summed E-state index contributed by atoms with van der Waals surface area (Å²) in [7, 11) is 2.08. The van der Waals surface area contributed by atoms with Gasteiger partial charge < -0.3 is 14.6 Å². The molecule has 0 bridgehead atoms. The summed E-state index contributed by atoms with van der Waals surface area (Å²) in [5.41, 5.74) is 2.52. The Labute approximate surface area is 101 Å². The second kappa shape index (κ2) is 4.08. The molecule has 1 aromatic heterocycles. The average Bonchev–Trinajstić information content (AvgIpc) is 2.54. The number of aryl methyl sites for hydroxylation is 2. The zero-order valence-corrected chi connectivity index (χ0v) is 10.4. The van der Waals surface area contributed by atoms with Crippen molar-refractivity contribution < 1.29 is 4.74 Å². The number of aromatic nitrogens is 1. The fourth-order valence-electron chi connectivity index (χ4n) is 2.43. The van der Waals surface area contributed by atoms with E-state index in [1.807, 2.05) is 0 Å². The maximum Gasteiger partial charge on any atom is 0.128 e. The molecule has 0 spiro atoms. The maximum absolute atomic E-state index is 5.96. The molecule has 3 rings (SSSR count). The Bertz CT molecular complexity index is 540. The molecule has 1 fully saturated rings. The molecule has 1 aliphatic rings. The number of benzene rings is 1. The first-order valence-corrected chi connectivity index (χ1v) is 6.14. The molecule has 1 aromatic carbocycles. The second-order valence-corrected chi connectivity index (χ2v) is 4.91. The third-order valence-electron chi connectivity index (χ3n) is 3.51. The molecule has 3 nitrogen and oxygen atoms in total. The number of fused-ring (bicyclic) bond motifs is 1. The first-order valence-electron chi connectivity index (χ1n) is 6.14. The van der Waals surface area contributed by atoms with Gasteiger partial charge in [0.15, 0.2) is 0 Å². The van der Waals surface area contributed by atoms with Gasteiger partial charge in [0.2, 0.25) is 0 Å². The number of hydrogen-bond donors (Lipinski definition) is 1. The lowest BCUT2D eigenvalue weighted by Crippen LogP contribution is -2.45. The second-order valence-electron chi connectivity index (χ2n) is 4.91. The van der Waals surface area contributed by atoms with Crippen molar-refractivity contribution in [3.63, 3.8) is 0 Å². The van der Waals surface area contributed by atoms with E-state index < -0.39 is 0 Å². The van der Waals surface area contributed by atoms with Gasteiger partial charge in [0.25, 0.3) is 0 Å². The van der Waals surface area contributed by atoms with Gasteiger partial charge in [-0.2, -0.15) is 0 Å². The maximum atomic E-state index is 5.96. The lowest BCUT2D eigenvalue weighted by Gasteiger charge is -2.27. The molecule has 0 saturated carbocycles. The predicted molar refractivity (Wildman–Crippen MR) is 69.5 cm³/mol. The number of rotatable bonds is 3. The van der Waals surface area contributed by atoms with E-state index in [-0.39, 0.29) is 0 Å². The average molecular weight is 230 g/mol. The van der Waals surface area contributed by atoms with Gasteiger partial charge in [-0.25, -0.2) is 0 Å². The van der Waals surface area contributed by atoms with Crippen LogP contribution in [-0.4, -0.2) is 24.3 Å². The van der Waals surface area contributed by atoms with Crippen LogP contribution >= 0.6 is 0 Å². The minimum absolute atomic E-state index is 0.675.